The topological polar surface area (TPSA) is 123 Å². The molecule has 4 rings (SSSR count). The first kappa shape index (κ1) is 18.2. The zero-order chi connectivity index (χ0) is 19.1. The number of rotatable bonds is 3. The number of aliphatic hydroxyl groups excluding tert-OH is 2. The van der Waals surface area contributed by atoms with Crippen LogP contribution in [0.1, 0.15) is 51.5 Å². The minimum Gasteiger partial charge on any atom is -0.460 e. The number of hydrogen-bond donors (Lipinski definition) is 3. The van der Waals surface area contributed by atoms with Crippen LogP contribution in [0.15, 0.2) is 17.1 Å². The average Bonchev–Trinajstić information content (AvgIpc) is 2.96. The number of ether oxygens (including phenoxy) is 1. The lowest BCUT2D eigenvalue weighted by molar-refractivity contribution is 0.0736. The molecule has 0 saturated heterocycles. The lowest BCUT2D eigenvalue weighted by Gasteiger charge is -2.26. The predicted octanol–water partition coefficient (Wildman–Crippen LogP) is 1.39. The number of nitrogens with zero attached hydrogens (tertiary/aromatic N) is 3. The summed E-state index contributed by atoms with van der Waals surface area (Å²) < 4.78 is 7.59. The standard InChI is InChI=1S/C19H26N4O4/c1-10-2-4-11(5-3-10)27-19-21-17(20)15-12(24)8-9-23(18(15)22-19)16-13(25)6-7-14(16)26/h8-11,13-14,16,25-26H,2-7H2,1H3,(H2,20,21,22)/t10?,11?,13-,14-/m0/s1. The monoisotopic (exact) mass is 374 g/mol. The molecular formula is C19H26N4O4. The molecule has 27 heavy (non-hydrogen) atoms. The SMILES string of the molecule is CC1CCC(Oc2nc(N)c3c(=O)ccn(C4[C@@H](O)CC[C@@H]4O)c3n2)CC1. The second kappa shape index (κ2) is 7.09. The van der Waals surface area contributed by atoms with Gasteiger partial charge in [0.2, 0.25) is 0 Å². The third-order valence-electron chi connectivity index (χ3n) is 5.88. The molecule has 0 radical (unpaired) electrons. The molecule has 146 valence electrons. The summed E-state index contributed by atoms with van der Waals surface area (Å²) in [6.07, 6.45) is 5.19. The van der Waals surface area contributed by atoms with Crippen molar-refractivity contribution in [2.75, 3.05) is 5.73 Å². The number of hydrogen-bond acceptors (Lipinski definition) is 7. The highest BCUT2D eigenvalue weighted by Gasteiger charge is 2.36. The maximum atomic E-state index is 12.3. The van der Waals surface area contributed by atoms with Crippen molar-refractivity contribution in [1.29, 1.82) is 0 Å². The van der Waals surface area contributed by atoms with Crippen LogP contribution in [0.25, 0.3) is 11.0 Å². The number of aromatic nitrogens is 3. The van der Waals surface area contributed by atoms with Crippen LogP contribution in [-0.2, 0) is 0 Å². The van der Waals surface area contributed by atoms with Gasteiger partial charge in [-0.2, -0.15) is 9.97 Å². The maximum Gasteiger partial charge on any atom is 0.320 e. The van der Waals surface area contributed by atoms with E-state index in [0.29, 0.717) is 24.4 Å². The summed E-state index contributed by atoms with van der Waals surface area (Å²) in [5.41, 5.74) is 6.05. The first-order valence-electron chi connectivity index (χ1n) is 9.65. The smallest absolute Gasteiger partial charge is 0.320 e. The highest BCUT2D eigenvalue weighted by atomic mass is 16.5. The second-order valence-electron chi connectivity index (χ2n) is 7.88. The first-order valence-corrected chi connectivity index (χ1v) is 9.65. The molecule has 0 aromatic carbocycles. The number of anilines is 1. The molecule has 0 aliphatic heterocycles. The second-order valence-corrected chi connectivity index (χ2v) is 7.88. The third-order valence-corrected chi connectivity index (χ3v) is 5.88. The predicted molar refractivity (Wildman–Crippen MR) is 101 cm³/mol. The van der Waals surface area contributed by atoms with Crippen molar-refractivity contribution in [2.24, 2.45) is 5.92 Å². The normalized spacial score (nSPS) is 29.3. The van der Waals surface area contributed by atoms with E-state index >= 15 is 0 Å². The van der Waals surface area contributed by atoms with Crippen molar-refractivity contribution in [3.8, 4) is 6.01 Å². The zero-order valence-corrected chi connectivity index (χ0v) is 15.4. The van der Waals surface area contributed by atoms with Crippen LogP contribution in [0.3, 0.4) is 0 Å². The van der Waals surface area contributed by atoms with E-state index in [9.17, 15) is 15.0 Å². The quantitative estimate of drug-likeness (QED) is 0.741. The number of nitrogen functional groups attached to an aromatic ring is 1. The Bertz CT molecular complexity index is 881. The van der Waals surface area contributed by atoms with Gasteiger partial charge in [0.1, 0.15) is 17.3 Å². The molecule has 0 amide bonds. The van der Waals surface area contributed by atoms with Crippen molar-refractivity contribution in [3.05, 3.63) is 22.5 Å². The van der Waals surface area contributed by atoms with Gasteiger partial charge < -0.3 is 25.3 Å². The van der Waals surface area contributed by atoms with E-state index in [0.717, 1.165) is 25.7 Å². The van der Waals surface area contributed by atoms with E-state index in [1.807, 2.05) is 0 Å². The number of aliphatic hydroxyl groups is 2. The largest absolute Gasteiger partial charge is 0.460 e. The van der Waals surface area contributed by atoms with Gasteiger partial charge >= 0.3 is 6.01 Å². The van der Waals surface area contributed by atoms with Crippen LogP contribution in [0.2, 0.25) is 0 Å². The molecule has 8 nitrogen and oxygen atoms in total. The Labute approximate surface area is 157 Å². The van der Waals surface area contributed by atoms with Gasteiger partial charge in [-0.05, 0) is 44.4 Å². The summed E-state index contributed by atoms with van der Waals surface area (Å²) in [6, 6.07) is 0.926. The molecule has 2 aliphatic rings. The molecule has 0 bridgehead atoms. The third kappa shape index (κ3) is 3.39. The van der Waals surface area contributed by atoms with E-state index in [2.05, 4.69) is 16.9 Å². The van der Waals surface area contributed by atoms with Gasteiger partial charge in [0.05, 0.1) is 18.2 Å². The fourth-order valence-electron chi connectivity index (χ4n) is 4.27. The highest BCUT2D eigenvalue weighted by molar-refractivity contribution is 5.85. The molecule has 0 spiro atoms. The number of pyridine rings is 1. The first-order chi connectivity index (χ1) is 12.9. The van der Waals surface area contributed by atoms with Crippen LogP contribution < -0.4 is 15.9 Å². The van der Waals surface area contributed by atoms with E-state index in [4.69, 9.17) is 10.5 Å². The minimum atomic E-state index is -0.717. The summed E-state index contributed by atoms with van der Waals surface area (Å²) in [4.78, 5) is 21.0. The Morgan fingerprint density at radius 3 is 2.44 bits per heavy atom. The lowest BCUT2D eigenvalue weighted by Crippen LogP contribution is -2.29. The van der Waals surface area contributed by atoms with E-state index in [1.54, 1.807) is 10.8 Å². The molecule has 0 unspecified atom stereocenters. The summed E-state index contributed by atoms with van der Waals surface area (Å²) in [6.45, 7) is 2.23. The Balaban J connectivity index is 1.75. The molecule has 2 fully saturated rings. The molecule has 4 N–H and O–H groups in total. The van der Waals surface area contributed by atoms with E-state index < -0.39 is 18.2 Å². The fraction of sp³-hybridized carbons (Fsp3) is 0.632. The molecule has 2 aromatic heterocycles. The Kier molecular flexibility index (Phi) is 4.77. The summed E-state index contributed by atoms with van der Waals surface area (Å²) in [7, 11) is 0. The Morgan fingerprint density at radius 1 is 1.11 bits per heavy atom. The fourth-order valence-corrected chi connectivity index (χ4v) is 4.27. The summed E-state index contributed by atoms with van der Waals surface area (Å²) in [5.74, 6) is 0.753. The Morgan fingerprint density at radius 2 is 1.78 bits per heavy atom. The van der Waals surface area contributed by atoms with Crippen molar-refractivity contribution < 1.29 is 14.9 Å². The van der Waals surface area contributed by atoms with Gasteiger partial charge in [-0.15, -0.1) is 0 Å². The number of nitrogens with two attached hydrogens (primary N) is 1. The average molecular weight is 374 g/mol. The molecule has 2 heterocycles. The van der Waals surface area contributed by atoms with Crippen molar-refractivity contribution >= 4 is 16.9 Å². The Hall–Kier alpha value is -2.19. The van der Waals surface area contributed by atoms with Crippen molar-refractivity contribution in [2.45, 2.75) is 69.8 Å². The molecule has 2 atom stereocenters. The van der Waals surface area contributed by atoms with Gasteiger partial charge in [0.15, 0.2) is 11.1 Å². The van der Waals surface area contributed by atoms with E-state index in [1.165, 1.54) is 6.07 Å². The molecule has 2 aliphatic carbocycles. The zero-order valence-electron chi connectivity index (χ0n) is 15.4. The van der Waals surface area contributed by atoms with Gasteiger partial charge in [-0.3, -0.25) is 4.79 Å². The van der Waals surface area contributed by atoms with Crippen molar-refractivity contribution in [1.82, 2.24) is 14.5 Å². The van der Waals surface area contributed by atoms with Crippen LogP contribution in [-0.4, -0.2) is 43.1 Å². The van der Waals surface area contributed by atoms with Gasteiger partial charge in [0.25, 0.3) is 0 Å². The summed E-state index contributed by atoms with van der Waals surface area (Å²) >= 11 is 0. The van der Waals surface area contributed by atoms with E-state index in [-0.39, 0.29) is 28.7 Å². The van der Waals surface area contributed by atoms with Crippen LogP contribution in [0.5, 0.6) is 6.01 Å². The van der Waals surface area contributed by atoms with Gasteiger partial charge in [-0.1, -0.05) is 6.92 Å². The van der Waals surface area contributed by atoms with Gasteiger partial charge in [-0.25, -0.2) is 0 Å². The van der Waals surface area contributed by atoms with Crippen LogP contribution in [0.4, 0.5) is 5.82 Å². The van der Waals surface area contributed by atoms with Gasteiger partial charge in [0, 0.05) is 12.3 Å². The molecule has 2 aromatic rings. The maximum absolute atomic E-state index is 12.3. The minimum absolute atomic E-state index is 0.0320. The molecule has 8 heteroatoms. The van der Waals surface area contributed by atoms with Crippen molar-refractivity contribution in [3.63, 3.8) is 0 Å². The van der Waals surface area contributed by atoms with Crippen LogP contribution >= 0.6 is 0 Å². The molecule has 2 saturated carbocycles. The highest BCUT2D eigenvalue weighted by Crippen LogP contribution is 2.33. The summed E-state index contributed by atoms with van der Waals surface area (Å²) in [5, 5.41) is 20.8. The van der Waals surface area contributed by atoms with Crippen LogP contribution in [0, 0.1) is 5.92 Å². The number of fused-ring (bicyclic) bond motifs is 1. The lowest BCUT2D eigenvalue weighted by atomic mass is 9.89. The molecular weight excluding hydrogens is 348 g/mol.